The van der Waals surface area contributed by atoms with Gasteiger partial charge in [0.05, 0.1) is 17.8 Å². The molecule has 0 aromatic carbocycles. The number of aryl methyl sites for hydroxylation is 2. The Balaban J connectivity index is 2.64. The third-order valence-electron chi connectivity index (χ3n) is 2.20. The maximum atomic E-state index is 11.9. The molecule has 4 nitrogen and oxygen atoms in total. The summed E-state index contributed by atoms with van der Waals surface area (Å²) in [5.41, 5.74) is 6.85. The van der Waals surface area contributed by atoms with E-state index in [-0.39, 0.29) is 6.54 Å². The Labute approximate surface area is 91.6 Å². The van der Waals surface area contributed by atoms with Gasteiger partial charge in [-0.2, -0.15) is 18.3 Å². The van der Waals surface area contributed by atoms with Gasteiger partial charge < -0.3 is 11.1 Å². The van der Waals surface area contributed by atoms with Crippen molar-refractivity contribution >= 4 is 11.5 Å². The lowest BCUT2D eigenvalue weighted by Crippen LogP contribution is -2.16. The zero-order valence-electron chi connectivity index (χ0n) is 9.23. The predicted octanol–water partition coefficient (Wildman–Crippen LogP) is 1.93. The highest BCUT2D eigenvalue weighted by molar-refractivity contribution is 5.64. The molecule has 1 aromatic heterocycles. The first-order chi connectivity index (χ1) is 7.35. The van der Waals surface area contributed by atoms with Gasteiger partial charge in [-0.05, 0) is 6.42 Å². The first kappa shape index (κ1) is 12.7. The Morgan fingerprint density at radius 1 is 1.44 bits per heavy atom. The summed E-state index contributed by atoms with van der Waals surface area (Å²) in [4.78, 5) is 0. The fourth-order valence-corrected chi connectivity index (χ4v) is 1.39. The molecule has 0 fully saturated rings. The normalized spacial score (nSPS) is 11.8. The van der Waals surface area contributed by atoms with Gasteiger partial charge in [-0.3, -0.25) is 4.68 Å². The van der Waals surface area contributed by atoms with Crippen LogP contribution >= 0.6 is 0 Å². The summed E-state index contributed by atoms with van der Waals surface area (Å²) in [7, 11) is 1.64. The molecular weight excluding hydrogens is 221 g/mol. The molecule has 0 spiro atoms. The number of halogens is 3. The molecule has 0 aliphatic carbocycles. The summed E-state index contributed by atoms with van der Waals surface area (Å²) in [6.45, 7) is 1.69. The lowest BCUT2D eigenvalue weighted by Gasteiger charge is -2.09. The van der Waals surface area contributed by atoms with Crippen molar-refractivity contribution in [1.29, 1.82) is 0 Å². The van der Waals surface area contributed by atoms with E-state index < -0.39 is 12.6 Å². The van der Waals surface area contributed by atoms with E-state index in [1.165, 1.54) is 4.68 Å². The molecule has 0 aliphatic rings. The molecule has 1 rings (SSSR count). The van der Waals surface area contributed by atoms with Crippen LogP contribution in [0.2, 0.25) is 0 Å². The molecule has 0 atom stereocenters. The number of hydrogen-bond donors (Lipinski definition) is 2. The second-order valence-electron chi connectivity index (χ2n) is 3.48. The molecule has 0 radical (unpaired) electrons. The second-order valence-corrected chi connectivity index (χ2v) is 3.48. The molecule has 1 heterocycles. The quantitative estimate of drug-likeness (QED) is 0.839. The van der Waals surface area contributed by atoms with E-state index in [1.54, 1.807) is 7.05 Å². The van der Waals surface area contributed by atoms with Crippen molar-refractivity contribution in [1.82, 2.24) is 9.78 Å². The summed E-state index contributed by atoms with van der Waals surface area (Å²) < 4.78 is 37.3. The van der Waals surface area contributed by atoms with E-state index in [9.17, 15) is 13.2 Å². The molecule has 0 bridgehead atoms. The molecule has 0 amide bonds. The largest absolute Gasteiger partial charge is 0.394 e. The van der Waals surface area contributed by atoms with Crippen molar-refractivity contribution < 1.29 is 13.2 Å². The van der Waals surface area contributed by atoms with Crippen molar-refractivity contribution in [3.63, 3.8) is 0 Å². The van der Waals surface area contributed by atoms with Crippen molar-refractivity contribution in [2.24, 2.45) is 7.05 Å². The summed E-state index contributed by atoms with van der Waals surface area (Å²) in [6, 6.07) is 0. The third kappa shape index (κ3) is 3.04. The number of aromatic nitrogens is 2. The standard InChI is InChI=1S/C9H15F3N4/c1-3-6-7(13)8(16(2)15-6)14-5-4-9(10,11)12/h14H,3-5,13H2,1-2H3. The Morgan fingerprint density at radius 2 is 2.06 bits per heavy atom. The van der Waals surface area contributed by atoms with Crippen molar-refractivity contribution in [3.05, 3.63) is 5.69 Å². The number of nitrogen functional groups attached to an aromatic ring is 1. The van der Waals surface area contributed by atoms with Crippen LogP contribution in [-0.4, -0.2) is 22.5 Å². The minimum Gasteiger partial charge on any atom is -0.394 e. The van der Waals surface area contributed by atoms with E-state index in [0.29, 0.717) is 23.6 Å². The van der Waals surface area contributed by atoms with E-state index in [1.807, 2.05) is 6.92 Å². The zero-order chi connectivity index (χ0) is 12.3. The minimum atomic E-state index is -4.16. The fourth-order valence-electron chi connectivity index (χ4n) is 1.39. The number of hydrogen-bond acceptors (Lipinski definition) is 3. The molecule has 0 unspecified atom stereocenters. The van der Waals surface area contributed by atoms with Crippen LogP contribution in [0.5, 0.6) is 0 Å². The van der Waals surface area contributed by atoms with Crippen molar-refractivity contribution in [2.75, 3.05) is 17.6 Å². The van der Waals surface area contributed by atoms with Crippen LogP contribution in [-0.2, 0) is 13.5 Å². The van der Waals surface area contributed by atoms with Crippen LogP contribution in [0.4, 0.5) is 24.7 Å². The molecule has 16 heavy (non-hydrogen) atoms. The number of rotatable bonds is 4. The van der Waals surface area contributed by atoms with Gasteiger partial charge in [0.25, 0.3) is 0 Å². The maximum absolute atomic E-state index is 11.9. The highest BCUT2D eigenvalue weighted by Crippen LogP contribution is 2.24. The third-order valence-corrected chi connectivity index (χ3v) is 2.20. The molecule has 3 N–H and O–H groups in total. The van der Waals surface area contributed by atoms with Crippen LogP contribution < -0.4 is 11.1 Å². The number of anilines is 2. The van der Waals surface area contributed by atoms with Gasteiger partial charge in [-0.15, -0.1) is 0 Å². The maximum Gasteiger partial charge on any atom is 0.390 e. The highest BCUT2D eigenvalue weighted by Gasteiger charge is 2.26. The molecule has 0 saturated carbocycles. The predicted molar refractivity (Wildman–Crippen MR) is 56.2 cm³/mol. The van der Waals surface area contributed by atoms with Gasteiger partial charge in [-0.1, -0.05) is 6.92 Å². The lowest BCUT2D eigenvalue weighted by molar-refractivity contribution is -0.131. The van der Waals surface area contributed by atoms with Gasteiger partial charge in [0.2, 0.25) is 0 Å². The van der Waals surface area contributed by atoms with Gasteiger partial charge in [0.1, 0.15) is 5.82 Å². The van der Waals surface area contributed by atoms with Gasteiger partial charge >= 0.3 is 6.18 Å². The van der Waals surface area contributed by atoms with Crippen LogP contribution in [0.3, 0.4) is 0 Å². The Morgan fingerprint density at radius 3 is 2.50 bits per heavy atom. The monoisotopic (exact) mass is 236 g/mol. The SMILES string of the molecule is CCc1nn(C)c(NCCC(F)(F)F)c1N. The van der Waals surface area contributed by atoms with Crippen LogP contribution in [0, 0.1) is 0 Å². The Bertz CT molecular complexity index is 356. The highest BCUT2D eigenvalue weighted by atomic mass is 19.4. The minimum absolute atomic E-state index is 0.198. The van der Waals surface area contributed by atoms with E-state index in [0.717, 1.165) is 0 Å². The molecule has 7 heteroatoms. The fraction of sp³-hybridized carbons (Fsp3) is 0.667. The molecular formula is C9H15F3N4. The average molecular weight is 236 g/mol. The van der Waals surface area contributed by atoms with Gasteiger partial charge in [-0.25, -0.2) is 0 Å². The smallest absolute Gasteiger partial charge is 0.390 e. The first-order valence-corrected chi connectivity index (χ1v) is 4.97. The number of nitrogens with one attached hydrogen (secondary N) is 1. The van der Waals surface area contributed by atoms with E-state index in [4.69, 9.17) is 5.73 Å². The first-order valence-electron chi connectivity index (χ1n) is 4.97. The summed E-state index contributed by atoms with van der Waals surface area (Å²) in [5, 5.41) is 6.74. The Hall–Kier alpha value is -1.40. The molecule has 0 aliphatic heterocycles. The molecule has 0 saturated heterocycles. The number of nitrogens with zero attached hydrogens (tertiary/aromatic N) is 2. The summed E-state index contributed by atoms with van der Waals surface area (Å²) in [5.74, 6) is 0.445. The molecule has 1 aromatic rings. The van der Waals surface area contributed by atoms with E-state index in [2.05, 4.69) is 10.4 Å². The second kappa shape index (κ2) is 4.63. The zero-order valence-corrected chi connectivity index (χ0v) is 9.23. The Kier molecular flexibility index (Phi) is 3.66. The van der Waals surface area contributed by atoms with E-state index >= 15 is 0 Å². The van der Waals surface area contributed by atoms with Crippen LogP contribution in [0.25, 0.3) is 0 Å². The van der Waals surface area contributed by atoms with Gasteiger partial charge in [0, 0.05) is 13.6 Å². The van der Waals surface area contributed by atoms with Crippen LogP contribution in [0.1, 0.15) is 19.0 Å². The van der Waals surface area contributed by atoms with Crippen LogP contribution in [0.15, 0.2) is 0 Å². The summed E-state index contributed by atoms with van der Waals surface area (Å²) in [6.07, 6.45) is -4.40. The van der Waals surface area contributed by atoms with Crippen molar-refractivity contribution in [3.8, 4) is 0 Å². The topological polar surface area (TPSA) is 55.9 Å². The molecule has 92 valence electrons. The number of nitrogens with two attached hydrogens (primary N) is 1. The van der Waals surface area contributed by atoms with Gasteiger partial charge in [0.15, 0.2) is 0 Å². The summed E-state index contributed by atoms with van der Waals surface area (Å²) >= 11 is 0. The average Bonchev–Trinajstić information content (AvgIpc) is 2.42. The van der Waals surface area contributed by atoms with Crippen molar-refractivity contribution in [2.45, 2.75) is 25.9 Å². The number of alkyl halides is 3. The lowest BCUT2D eigenvalue weighted by atomic mass is 10.3.